The monoisotopic (exact) mass is 443 g/mol. The van der Waals surface area contributed by atoms with Crippen LogP contribution in [0.4, 0.5) is 10.6 Å². The maximum absolute atomic E-state index is 12.8. The average Bonchev–Trinajstić information content (AvgIpc) is 3.07. The third-order valence-corrected chi connectivity index (χ3v) is 6.17. The number of carbonyl (C=O) groups is 1. The van der Waals surface area contributed by atoms with Crippen molar-refractivity contribution in [2.75, 3.05) is 31.1 Å². The first-order chi connectivity index (χ1) is 16.0. The topological polar surface area (TPSA) is 61.4 Å². The minimum Gasteiger partial charge on any atom is -0.354 e. The Hall–Kier alpha value is -3.41. The molecule has 1 N–H and O–H groups in total. The van der Waals surface area contributed by atoms with E-state index < -0.39 is 0 Å². The van der Waals surface area contributed by atoms with Crippen molar-refractivity contribution < 1.29 is 4.79 Å². The fourth-order valence-corrected chi connectivity index (χ4v) is 4.31. The van der Waals surface area contributed by atoms with Crippen LogP contribution in [0.15, 0.2) is 54.6 Å². The molecule has 33 heavy (non-hydrogen) atoms. The lowest BCUT2D eigenvalue weighted by Gasteiger charge is -2.26. The van der Waals surface area contributed by atoms with Gasteiger partial charge in [-0.2, -0.15) is 0 Å². The second-order valence-corrected chi connectivity index (χ2v) is 8.79. The van der Waals surface area contributed by atoms with E-state index in [0.29, 0.717) is 13.1 Å². The quantitative estimate of drug-likeness (QED) is 0.634. The minimum atomic E-state index is -0.00405. The molecule has 0 aliphatic carbocycles. The molecule has 1 saturated heterocycles. The molecule has 2 heterocycles. The highest BCUT2D eigenvalue weighted by atomic mass is 16.2. The zero-order valence-electron chi connectivity index (χ0n) is 19.8. The predicted octanol–water partition coefficient (Wildman–Crippen LogP) is 4.41. The summed E-state index contributed by atoms with van der Waals surface area (Å²) in [6.45, 7) is 9.73. The van der Waals surface area contributed by atoms with Crippen molar-refractivity contribution in [2.24, 2.45) is 0 Å². The van der Waals surface area contributed by atoms with Crippen LogP contribution in [0, 0.1) is 20.8 Å². The normalized spacial score (nSPS) is 14.2. The highest BCUT2D eigenvalue weighted by molar-refractivity contribution is 5.74. The molecule has 1 fully saturated rings. The second kappa shape index (κ2) is 10.5. The molecule has 1 aliphatic heterocycles. The van der Waals surface area contributed by atoms with Gasteiger partial charge < -0.3 is 15.1 Å². The SMILES string of the molecule is Cc1ccc(Cc2c(C)nc(C)nc2N2CCCN(C(=O)NCc3ccccc3)CC2)cc1. The molecule has 2 aromatic carbocycles. The smallest absolute Gasteiger partial charge is 0.317 e. The van der Waals surface area contributed by atoms with Gasteiger partial charge in [-0.25, -0.2) is 14.8 Å². The van der Waals surface area contributed by atoms with Crippen LogP contribution in [-0.4, -0.2) is 47.1 Å². The van der Waals surface area contributed by atoms with E-state index in [-0.39, 0.29) is 6.03 Å². The number of nitrogens with one attached hydrogen (secondary N) is 1. The van der Waals surface area contributed by atoms with Crippen molar-refractivity contribution in [1.82, 2.24) is 20.2 Å². The van der Waals surface area contributed by atoms with Gasteiger partial charge in [-0.1, -0.05) is 60.2 Å². The van der Waals surface area contributed by atoms with E-state index >= 15 is 0 Å². The number of urea groups is 1. The molecule has 6 heteroatoms. The number of hydrogen-bond acceptors (Lipinski definition) is 4. The van der Waals surface area contributed by atoms with Crippen molar-refractivity contribution in [3.8, 4) is 0 Å². The van der Waals surface area contributed by atoms with E-state index in [1.165, 1.54) is 16.7 Å². The lowest BCUT2D eigenvalue weighted by molar-refractivity contribution is 0.201. The summed E-state index contributed by atoms with van der Waals surface area (Å²) in [6, 6.07) is 18.7. The van der Waals surface area contributed by atoms with Crippen molar-refractivity contribution in [3.63, 3.8) is 0 Å². The summed E-state index contributed by atoms with van der Waals surface area (Å²) >= 11 is 0. The highest BCUT2D eigenvalue weighted by Crippen LogP contribution is 2.25. The predicted molar refractivity (Wildman–Crippen MR) is 133 cm³/mol. The van der Waals surface area contributed by atoms with Crippen LogP contribution >= 0.6 is 0 Å². The van der Waals surface area contributed by atoms with Crippen LogP contribution in [0.3, 0.4) is 0 Å². The number of aryl methyl sites for hydroxylation is 3. The Kier molecular flexibility index (Phi) is 7.23. The van der Waals surface area contributed by atoms with Crippen LogP contribution in [0.5, 0.6) is 0 Å². The van der Waals surface area contributed by atoms with Gasteiger partial charge in [-0.3, -0.25) is 0 Å². The van der Waals surface area contributed by atoms with E-state index in [4.69, 9.17) is 4.98 Å². The van der Waals surface area contributed by atoms with E-state index in [9.17, 15) is 4.79 Å². The fourth-order valence-electron chi connectivity index (χ4n) is 4.31. The third-order valence-electron chi connectivity index (χ3n) is 6.17. The summed E-state index contributed by atoms with van der Waals surface area (Å²) in [5.74, 6) is 1.80. The van der Waals surface area contributed by atoms with Crippen LogP contribution in [0.1, 0.15) is 40.2 Å². The molecule has 0 unspecified atom stereocenters. The molecule has 0 atom stereocenters. The number of hydrogen-bond donors (Lipinski definition) is 1. The largest absolute Gasteiger partial charge is 0.354 e. The molecule has 1 aromatic heterocycles. The zero-order valence-corrected chi connectivity index (χ0v) is 19.8. The molecule has 0 spiro atoms. The zero-order chi connectivity index (χ0) is 23.2. The number of amides is 2. The first-order valence-corrected chi connectivity index (χ1v) is 11.7. The maximum Gasteiger partial charge on any atom is 0.317 e. The summed E-state index contributed by atoms with van der Waals surface area (Å²) in [5.41, 5.74) is 5.82. The Morgan fingerprint density at radius 3 is 2.39 bits per heavy atom. The van der Waals surface area contributed by atoms with E-state index in [2.05, 4.69) is 53.3 Å². The third kappa shape index (κ3) is 5.89. The van der Waals surface area contributed by atoms with Gasteiger partial charge in [0.25, 0.3) is 0 Å². The average molecular weight is 444 g/mol. The molecule has 0 saturated carbocycles. The Morgan fingerprint density at radius 1 is 0.879 bits per heavy atom. The van der Waals surface area contributed by atoms with Crippen molar-refractivity contribution in [1.29, 1.82) is 0 Å². The first kappa shape index (κ1) is 22.8. The van der Waals surface area contributed by atoms with Gasteiger partial charge in [0, 0.05) is 50.4 Å². The molecule has 2 amide bonds. The molecule has 3 aromatic rings. The number of benzene rings is 2. The number of rotatable bonds is 5. The van der Waals surface area contributed by atoms with Crippen LogP contribution in [0.2, 0.25) is 0 Å². The highest BCUT2D eigenvalue weighted by Gasteiger charge is 2.23. The number of aromatic nitrogens is 2. The molecule has 0 bridgehead atoms. The number of anilines is 1. The molecule has 6 nitrogen and oxygen atoms in total. The first-order valence-electron chi connectivity index (χ1n) is 11.7. The Bertz CT molecular complexity index is 1080. The second-order valence-electron chi connectivity index (χ2n) is 8.79. The van der Waals surface area contributed by atoms with Crippen molar-refractivity contribution in [3.05, 3.63) is 88.4 Å². The molecule has 0 radical (unpaired) electrons. The summed E-state index contributed by atoms with van der Waals surface area (Å²) < 4.78 is 0. The van der Waals surface area contributed by atoms with Crippen LogP contribution in [0.25, 0.3) is 0 Å². The lowest BCUT2D eigenvalue weighted by atomic mass is 10.0. The van der Waals surface area contributed by atoms with Gasteiger partial charge >= 0.3 is 6.03 Å². The Morgan fingerprint density at radius 2 is 1.64 bits per heavy atom. The van der Waals surface area contributed by atoms with Gasteiger partial charge in [0.2, 0.25) is 0 Å². The molecular formula is C27H33N5O. The van der Waals surface area contributed by atoms with Gasteiger partial charge in [-0.15, -0.1) is 0 Å². The number of nitrogens with zero attached hydrogens (tertiary/aromatic N) is 4. The molecule has 1 aliphatic rings. The maximum atomic E-state index is 12.8. The molecule has 4 rings (SSSR count). The van der Waals surface area contributed by atoms with Gasteiger partial charge in [0.15, 0.2) is 0 Å². The summed E-state index contributed by atoms with van der Waals surface area (Å²) in [4.78, 5) is 26.5. The van der Waals surface area contributed by atoms with E-state index in [1.54, 1.807) is 0 Å². The standard InChI is InChI=1S/C27H33N5O/c1-20-10-12-23(13-11-20)18-25-21(2)29-22(3)30-26(25)31-14-7-15-32(17-16-31)27(33)28-19-24-8-5-4-6-9-24/h4-6,8-13H,7,14-19H2,1-3H3,(H,28,33). The van der Waals surface area contributed by atoms with Crippen molar-refractivity contribution in [2.45, 2.75) is 40.2 Å². The number of carbonyl (C=O) groups excluding carboxylic acids is 1. The van der Waals surface area contributed by atoms with Crippen LogP contribution in [-0.2, 0) is 13.0 Å². The molecule has 172 valence electrons. The van der Waals surface area contributed by atoms with Gasteiger partial charge in [-0.05, 0) is 38.3 Å². The Labute approximate surface area is 196 Å². The van der Waals surface area contributed by atoms with Crippen molar-refractivity contribution >= 4 is 11.8 Å². The summed E-state index contributed by atoms with van der Waals surface area (Å²) in [7, 11) is 0. The minimum absolute atomic E-state index is 0.00405. The van der Waals surface area contributed by atoms with Gasteiger partial charge in [0.05, 0.1) is 0 Å². The van der Waals surface area contributed by atoms with Gasteiger partial charge in [0.1, 0.15) is 11.6 Å². The molecular weight excluding hydrogens is 410 g/mol. The summed E-state index contributed by atoms with van der Waals surface area (Å²) in [6.07, 6.45) is 1.71. The van der Waals surface area contributed by atoms with E-state index in [0.717, 1.165) is 55.4 Å². The fraction of sp³-hybridized carbons (Fsp3) is 0.370. The van der Waals surface area contributed by atoms with Crippen LogP contribution < -0.4 is 10.2 Å². The summed E-state index contributed by atoms with van der Waals surface area (Å²) in [5, 5.41) is 3.06. The van der Waals surface area contributed by atoms with E-state index in [1.807, 2.05) is 42.2 Å². The lowest BCUT2D eigenvalue weighted by Crippen LogP contribution is -2.42. The Balaban J connectivity index is 1.46.